The van der Waals surface area contributed by atoms with Crippen molar-refractivity contribution in [1.82, 2.24) is 9.29 Å². The van der Waals surface area contributed by atoms with Gasteiger partial charge in [-0.15, -0.1) is 0 Å². The number of ether oxygens (including phenoxy) is 1. The number of aromatic amines is 1. The van der Waals surface area contributed by atoms with Gasteiger partial charge >= 0.3 is 0 Å². The third-order valence-corrected chi connectivity index (χ3v) is 6.89. The highest BCUT2D eigenvalue weighted by molar-refractivity contribution is 7.89. The maximum Gasteiger partial charge on any atom is 0.272 e. The van der Waals surface area contributed by atoms with Crippen molar-refractivity contribution in [3.63, 3.8) is 0 Å². The van der Waals surface area contributed by atoms with Crippen molar-refractivity contribution in [3.8, 4) is 0 Å². The number of anilines is 1. The van der Waals surface area contributed by atoms with Gasteiger partial charge in [0.15, 0.2) is 5.78 Å². The van der Waals surface area contributed by atoms with Crippen LogP contribution in [0.15, 0.2) is 29.2 Å². The summed E-state index contributed by atoms with van der Waals surface area (Å²) in [7, 11) is -3.72. The first kappa shape index (κ1) is 20.2. The predicted octanol–water partition coefficient (Wildman–Crippen LogP) is 2.11. The second kappa shape index (κ2) is 7.86. The Morgan fingerprint density at radius 3 is 2.29 bits per heavy atom. The van der Waals surface area contributed by atoms with Crippen LogP contribution in [0.4, 0.5) is 5.69 Å². The lowest BCUT2D eigenvalue weighted by atomic mass is 10.1. The lowest BCUT2D eigenvalue weighted by Crippen LogP contribution is -2.40. The molecule has 150 valence electrons. The van der Waals surface area contributed by atoms with Gasteiger partial charge in [0.1, 0.15) is 10.6 Å². The van der Waals surface area contributed by atoms with E-state index < -0.39 is 15.9 Å². The molecule has 0 aliphatic carbocycles. The first-order valence-electron chi connectivity index (χ1n) is 8.91. The van der Waals surface area contributed by atoms with Crippen molar-refractivity contribution in [3.05, 3.63) is 46.8 Å². The number of H-pyrrole nitrogens is 1. The highest BCUT2D eigenvalue weighted by atomic mass is 32.2. The molecule has 1 saturated heterocycles. The molecule has 8 nitrogen and oxygen atoms in total. The van der Waals surface area contributed by atoms with Crippen LogP contribution in [-0.4, -0.2) is 55.7 Å². The van der Waals surface area contributed by atoms with E-state index in [0.29, 0.717) is 35.7 Å². The van der Waals surface area contributed by atoms with Gasteiger partial charge in [-0.25, -0.2) is 8.42 Å². The van der Waals surface area contributed by atoms with E-state index in [4.69, 9.17) is 4.74 Å². The Kier molecular flexibility index (Phi) is 5.69. The molecule has 1 aromatic heterocycles. The molecular weight excluding hydrogens is 382 g/mol. The molecule has 28 heavy (non-hydrogen) atoms. The monoisotopic (exact) mass is 405 g/mol. The van der Waals surface area contributed by atoms with E-state index in [0.717, 1.165) is 0 Å². The summed E-state index contributed by atoms with van der Waals surface area (Å²) in [5.74, 6) is -0.508. The number of hydrogen-bond acceptors (Lipinski definition) is 5. The number of carbonyl (C=O) groups excluding carboxylic acids is 2. The summed E-state index contributed by atoms with van der Waals surface area (Å²) in [4.78, 5) is 27.1. The topological polar surface area (TPSA) is 109 Å². The van der Waals surface area contributed by atoms with Crippen LogP contribution in [0.3, 0.4) is 0 Å². The number of hydrogen-bond donors (Lipinski definition) is 2. The molecule has 2 aromatic rings. The predicted molar refractivity (Wildman–Crippen MR) is 104 cm³/mol. The quantitative estimate of drug-likeness (QED) is 0.741. The molecule has 1 amide bonds. The van der Waals surface area contributed by atoms with Crippen molar-refractivity contribution >= 4 is 27.4 Å². The maximum absolute atomic E-state index is 13.0. The Hall–Kier alpha value is -2.49. The third-order valence-electron chi connectivity index (χ3n) is 4.71. The van der Waals surface area contributed by atoms with Crippen molar-refractivity contribution in [2.45, 2.75) is 25.7 Å². The minimum atomic E-state index is -3.72. The van der Waals surface area contributed by atoms with E-state index in [9.17, 15) is 18.0 Å². The van der Waals surface area contributed by atoms with Gasteiger partial charge < -0.3 is 15.0 Å². The van der Waals surface area contributed by atoms with E-state index in [1.807, 2.05) is 0 Å². The first-order valence-corrected chi connectivity index (χ1v) is 10.3. The van der Waals surface area contributed by atoms with Gasteiger partial charge in [0.05, 0.1) is 13.2 Å². The number of nitrogens with zero attached hydrogens (tertiary/aromatic N) is 1. The number of aryl methyl sites for hydroxylation is 1. The van der Waals surface area contributed by atoms with E-state index in [2.05, 4.69) is 10.3 Å². The summed E-state index contributed by atoms with van der Waals surface area (Å²) < 4.78 is 32.6. The summed E-state index contributed by atoms with van der Waals surface area (Å²) >= 11 is 0. The average Bonchev–Trinajstić information content (AvgIpc) is 2.98. The molecule has 9 heteroatoms. The highest BCUT2D eigenvalue weighted by Crippen LogP contribution is 2.27. The number of amides is 1. The molecule has 2 N–H and O–H groups in total. The molecule has 1 fully saturated rings. The largest absolute Gasteiger partial charge is 0.379 e. The number of sulfonamides is 1. The van der Waals surface area contributed by atoms with Gasteiger partial charge in [0, 0.05) is 30.0 Å². The zero-order valence-corrected chi connectivity index (χ0v) is 16.9. The number of benzene rings is 1. The lowest BCUT2D eigenvalue weighted by Gasteiger charge is -2.26. The number of carbonyl (C=O) groups is 2. The molecule has 1 aromatic carbocycles. The van der Waals surface area contributed by atoms with Crippen molar-refractivity contribution < 1.29 is 22.7 Å². The zero-order chi connectivity index (χ0) is 20.5. The van der Waals surface area contributed by atoms with E-state index in [1.54, 1.807) is 38.1 Å². The van der Waals surface area contributed by atoms with Gasteiger partial charge in [0.2, 0.25) is 10.0 Å². The van der Waals surface area contributed by atoms with Crippen LogP contribution in [0.2, 0.25) is 0 Å². The molecule has 1 aliphatic rings. The Morgan fingerprint density at radius 1 is 1.11 bits per heavy atom. The minimum Gasteiger partial charge on any atom is -0.379 e. The van der Waals surface area contributed by atoms with Gasteiger partial charge in [-0.1, -0.05) is 0 Å². The number of Topliss-reactive ketones (excluding diaryl/α,β-unsaturated/α-hetero) is 1. The Bertz CT molecular complexity index is 1000. The van der Waals surface area contributed by atoms with Crippen LogP contribution in [0.25, 0.3) is 0 Å². The van der Waals surface area contributed by atoms with Crippen LogP contribution in [0.5, 0.6) is 0 Å². The van der Waals surface area contributed by atoms with E-state index in [1.165, 1.54) is 11.2 Å². The normalized spacial score (nSPS) is 15.4. The fraction of sp³-hybridized carbons (Fsp3) is 0.368. The summed E-state index contributed by atoms with van der Waals surface area (Å²) in [5.41, 5.74) is 2.05. The standard InChI is InChI=1S/C19H23N3O5S/c1-12-17(19(24)21-16-6-4-15(5-7-16)14(3)23)20-13(2)18(12)28(25,26)22-8-10-27-11-9-22/h4-7,20H,8-11H2,1-3H3,(H,21,24). The van der Waals surface area contributed by atoms with E-state index in [-0.39, 0.29) is 29.5 Å². The van der Waals surface area contributed by atoms with Crippen LogP contribution in [-0.2, 0) is 14.8 Å². The lowest BCUT2D eigenvalue weighted by molar-refractivity contribution is 0.0730. The molecular formula is C19H23N3O5S. The summed E-state index contributed by atoms with van der Waals surface area (Å²) in [6.45, 7) is 6.00. The molecule has 1 aliphatic heterocycles. The molecule has 0 atom stereocenters. The van der Waals surface area contributed by atoms with Crippen molar-refractivity contribution in [2.24, 2.45) is 0 Å². The number of ketones is 1. The Morgan fingerprint density at radius 2 is 1.71 bits per heavy atom. The van der Waals surface area contributed by atoms with Crippen LogP contribution < -0.4 is 5.32 Å². The second-order valence-corrected chi connectivity index (χ2v) is 8.56. The van der Waals surface area contributed by atoms with Crippen molar-refractivity contribution in [2.75, 3.05) is 31.6 Å². The molecule has 3 rings (SSSR count). The molecule has 0 spiro atoms. The number of rotatable bonds is 5. The van der Waals surface area contributed by atoms with Crippen molar-refractivity contribution in [1.29, 1.82) is 0 Å². The van der Waals surface area contributed by atoms with Crippen LogP contribution >= 0.6 is 0 Å². The zero-order valence-electron chi connectivity index (χ0n) is 16.0. The molecule has 0 bridgehead atoms. The summed E-state index contributed by atoms with van der Waals surface area (Å²) in [6, 6.07) is 6.51. The first-order chi connectivity index (χ1) is 13.2. The van der Waals surface area contributed by atoms with Gasteiger partial charge in [0.25, 0.3) is 5.91 Å². The Labute approximate surface area is 163 Å². The molecule has 0 radical (unpaired) electrons. The third kappa shape index (κ3) is 3.87. The fourth-order valence-corrected chi connectivity index (χ4v) is 5.06. The maximum atomic E-state index is 13.0. The van der Waals surface area contributed by atoms with Gasteiger partial charge in [-0.3, -0.25) is 9.59 Å². The van der Waals surface area contributed by atoms with Gasteiger partial charge in [-0.05, 0) is 50.6 Å². The van der Waals surface area contributed by atoms with Crippen LogP contribution in [0, 0.1) is 13.8 Å². The second-order valence-electron chi connectivity index (χ2n) is 6.68. The molecule has 0 saturated carbocycles. The molecule has 2 heterocycles. The van der Waals surface area contributed by atoms with Crippen LogP contribution in [0.1, 0.15) is 39.0 Å². The summed E-state index contributed by atoms with van der Waals surface area (Å²) in [6.07, 6.45) is 0. The summed E-state index contributed by atoms with van der Waals surface area (Å²) in [5, 5.41) is 2.73. The average molecular weight is 405 g/mol. The number of morpholine rings is 1. The van der Waals surface area contributed by atoms with E-state index >= 15 is 0 Å². The molecule has 0 unspecified atom stereocenters. The SMILES string of the molecule is CC(=O)c1ccc(NC(=O)c2[nH]c(C)c(S(=O)(=O)N3CCOCC3)c2C)cc1. The Balaban J connectivity index is 1.86. The highest BCUT2D eigenvalue weighted by Gasteiger charge is 2.32. The number of aromatic nitrogens is 1. The minimum absolute atomic E-state index is 0.0633. The van der Waals surface area contributed by atoms with Gasteiger partial charge in [-0.2, -0.15) is 4.31 Å². The fourth-order valence-electron chi connectivity index (χ4n) is 3.24. The smallest absolute Gasteiger partial charge is 0.272 e. The number of nitrogens with one attached hydrogen (secondary N) is 2.